The highest BCUT2D eigenvalue weighted by atomic mass is 19.1. The number of Topliss-reactive ketones (excluding diaryl/α,β-unsaturated/α-hetero) is 1. The van der Waals surface area contributed by atoms with Gasteiger partial charge >= 0.3 is 11.1 Å². The maximum atomic E-state index is 13.0. The highest BCUT2D eigenvalue weighted by Crippen LogP contribution is 2.20. The maximum absolute atomic E-state index is 13.0. The molecule has 0 spiro atoms. The highest BCUT2D eigenvalue weighted by Gasteiger charge is 2.13. The van der Waals surface area contributed by atoms with Crippen molar-refractivity contribution in [1.29, 1.82) is 0 Å². The lowest BCUT2D eigenvalue weighted by Gasteiger charge is -2.11. The molecule has 0 unspecified atom stereocenters. The van der Waals surface area contributed by atoms with Crippen LogP contribution in [0.1, 0.15) is 10.4 Å². The Bertz CT molecular complexity index is 1300. The third-order valence-corrected chi connectivity index (χ3v) is 4.56. The fraction of sp³-hybridized carbons (Fsp3) is 0.0455. The van der Waals surface area contributed by atoms with Crippen LogP contribution >= 0.6 is 0 Å². The lowest BCUT2D eigenvalue weighted by Crippen LogP contribution is -2.41. The Labute approximate surface area is 158 Å². The molecule has 0 aliphatic rings. The van der Waals surface area contributed by atoms with Crippen LogP contribution < -0.4 is 11.1 Å². The fourth-order valence-corrected chi connectivity index (χ4v) is 3.12. The summed E-state index contributed by atoms with van der Waals surface area (Å²) in [7, 11) is 0. The van der Waals surface area contributed by atoms with Crippen molar-refractivity contribution in [2.45, 2.75) is 6.54 Å². The predicted octanol–water partition coefficient (Wildman–Crippen LogP) is 3.17. The molecule has 3 aromatic carbocycles. The van der Waals surface area contributed by atoms with Gasteiger partial charge in [-0.1, -0.05) is 36.4 Å². The Morgan fingerprint density at radius 3 is 2.32 bits per heavy atom. The number of aromatic nitrogens is 2. The molecule has 1 aromatic heterocycles. The number of ketones is 1. The first-order valence-electron chi connectivity index (χ1n) is 8.63. The Kier molecular flexibility index (Phi) is 4.45. The summed E-state index contributed by atoms with van der Waals surface area (Å²) in [5.41, 5.74) is -0.680. The second kappa shape index (κ2) is 7.08. The predicted molar refractivity (Wildman–Crippen MR) is 105 cm³/mol. The number of fused-ring (bicyclic) bond motifs is 1. The number of hydrogen-bond donors (Lipinski definition) is 0. The number of nitrogens with zero attached hydrogens (tertiary/aromatic N) is 2. The normalized spacial score (nSPS) is 10.9. The van der Waals surface area contributed by atoms with Crippen LogP contribution in [0.3, 0.4) is 0 Å². The second-order valence-corrected chi connectivity index (χ2v) is 6.33. The molecule has 0 amide bonds. The molecule has 0 bridgehead atoms. The number of hydrogen-bond acceptors (Lipinski definition) is 3. The fourth-order valence-electron chi connectivity index (χ4n) is 3.12. The highest BCUT2D eigenvalue weighted by molar-refractivity contribution is 5.95. The molecule has 138 valence electrons. The molecule has 0 aliphatic heterocycles. The van der Waals surface area contributed by atoms with Crippen molar-refractivity contribution >= 4 is 16.6 Å². The first kappa shape index (κ1) is 17.6. The maximum Gasteiger partial charge on any atom is 0.321 e. The number of carbonyl (C=O) groups excluding carboxylic acids is 1. The van der Waals surface area contributed by atoms with Crippen molar-refractivity contribution < 1.29 is 9.18 Å². The molecule has 0 aliphatic carbocycles. The molecule has 6 heteroatoms. The van der Waals surface area contributed by atoms with Crippen molar-refractivity contribution in [3.63, 3.8) is 0 Å². The van der Waals surface area contributed by atoms with Crippen LogP contribution in [0.25, 0.3) is 16.5 Å². The molecule has 0 radical (unpaired) electrons. The van der Waals surface area contributed by atoms with Gasteiger partial charge < -0.3 is 4.57 Å². The van der Waals surface area contributed by atoms with Gasteiger partial charge in [-0.05, 0) is 35.7 Å². The van der Waals surface area contributed by atoms with E-state index in [2.05, 4.69) is 0 Å². The van der Waals surface area contributed by atoms with Crippen LogP contribution in [0.5, 0.6) is 0 Å². The minimum atomic E-state index is -0.800. The number of halogens is 1. The smallest absolute Gasteiger partial charge is 0.301 e. The van der Waals surface area contributed by atoms with Crippen molar-refractivity contribution in [2.24, 2.45) is 0 Å². The largest absolute Gasteiger partial charge is 0.321 e. The van der Waals surface area contributed by atoms with E-state index in [0.717, 1.165) is 15.3 Å². The first-order chi connectivity index (χ1) is 13.5. The number of benzene rings is 3. The van der Waals surface area contributed by atoms with E-state index in [9.17, 15) is 18.8 Å². The van der Waals surface area contributed by atoms with Crippen molar-refractivity contribution in [3.8, 4) is 5.69 Å². The molecule has 4 rings (SSSR count). The zero-order valence-electron chi connectivity index (χ0n) is 14.7. The van der Waals surface area contributed by atoms with Gasteiger partial charge in [-0.2, -0.15) is 0 Å². The zero-order valence-corrected chi connectivity index (χ0v) is 14.7. The van der Waals surface area contributed by atoms with Crippen molar-refractivity contribution in [3.05, 3.63) is 111 Å². The van der Waals surface area contributed by atoms with E-state index in [1.165, 1.54) is 41.2 Å². The molecule has 0 saturated carbocycles. The zero-order chi connectivity index (χ0) is 19.7. The molecule has 0 N–H and O–H groups in total. The van der Waals surface area contributed by atoms with Gasteiger partial charge in [0, 0.05) is 23.3 Å². The van der Waals surface area contributed by atoms with Gasteiger partial charge in [-0.15, -0.1) is 0 Å². The van der Waals surface area contributed by atoms with Gasteiger partial charge in [0.2, 0.25) is 0 Å². The second-order valence-electron chi connectivity index (χ2n) is 6.33. The molecule has 5 nitrogen and oxygen atoms in total. The third kappa shape index (κ3) is 3.16. The molecular formula is C22H15FN2O3. The minimum absolute atomic E-state index is 0.270. The summed E-state index contributed by atoms with van der Waals surface area (Å²) >= 11 is 0. The SMILES string of the molecule is O=C(Cn1ccn(-c2cccc3ccccc23)c(=O)c1=O)c1ccc(F)cc1. The third-order valence-electron chi connectivity index (χ3n) is 4.56. The van der Waals surface area contributed by atoms with E-state index < -0.39 is 16.9 Å². The Morgan fingerprint density at radius 1 is 0.821 bits per heavy atom. The Morgan fingerprint density at radius 2 is 1.54 bits per heavy atom. The molecule has 4 aromatic rings. The van der Waals surface area contributed by atoms with Gasteiger partial charge in [-0.25, -0.2) is 4.39 Å². The van der Waals surface area contributed by atoms with Crippen LogP contribution in [0, 0.1) is 5.82 Å². The first-order valence-corrected chi connectivity index (χ1v) is 8.63. The number of carbonyl (C=O) groups is 1. The van der Waals surface area contributed by atoms with E-state index in [4.69, 9.17) is 0 Å². The van der Waals surface area contributed by atoms with Crippen molar-refractivity contribution in [1.82, 2.24) is 9.13 Å². The van der Waals surface area contributed by atoms with Gasteiger partial charge in [0.15, 0.2) is 5.78 Å². The molecule has 0 atom stereocenters. The van der Waals surface area contributed by atoms with E-state index >= 15 is 0 Å². The van der Waals surface area contributed by atoms with E-state index in [-0.39, 0.29) is 17.9 Å². The molecular weight excluding hydrogens is 359 g/mol. The lowest BCUT2D eigenvalue weighted by atomic mass is 10.1. The average Bonchev–Trinajstić information content (AvgIpc) is 2.72. The van der Waals surface area contributed by atoms with Gasteiger partial charge in [0.25, 0.3) is 0 Å². The quantitative estimate of drug-likeness (QED) is 0.407. The Balaban J connectivity index is 1.73. The number of rotatable bonds is 4. The summed E-state index contributed by atoms with van der Waals surface area (Å²) in [4.78, 5) is 37.5. The van der Waals surface area contributed by atoms with Crippen molar-refractivity contribution in [2.75, 3.05) is 0 Å². The van der Waals surface area contributed by atoms with Gasteiger partial charge in [0.05, 0.1) is 12.2 Å². The molecule has 0 fully saturated rings. The van der Waals surface area contributed by atoms with Crippen LogP contribution in [-0.4, -0.2) is 14.9 Å². The van der Waals surface area contributed by atoms with Crippen LogP contribution in [0.4, 0.5) is 4.39 Å². The van der Waals surface area contributed by atoms with Crippen LogP contribution in [-0.2, 0) is 6.54 Å². The summed E-state index contributed by atoms with van der Waals surface area (Å²) in [6, 6.07) is 18.1. The average molecular weight is 374 g/mol. The monoisotopic (exact) mass is 374 g/mol. The van der Waals surface area contributed by atoms with E-state index in [1.54, 1.807) is 6.07 Å². The topological polar surface area (TPSA) is 61.1 Å². The minimum Gasteiger partial charge on any atom is -0.301 e. The summed E-state index contributed by atoms with van der Waals surface area (Å²) in [6.07, 6.45) is 2.89. The van der Waals surface area contributed by atoms with Gasteiger partial charge in [0.1, 0.15) is 5.82 Å². The summed E-state index contributed by atoms with van der Waals surface area (Å²) in [5.74, 6) is -0.837. The van der Waals surface area contributed by atoms with Crippen LogP contribution in [0.15, 0.2) is 88.7 Å². The standard InChI is InChI=1S/C22H15FN2O3/c23-17-10-8-16(9-11-17)20(26)14-24-12-13-25(22(28)21(24)27)19-7-3-5-15-4-1-2-6-18(15)19/h1-13H,14H2. The molecule has 1 heterocycles. The van der Waals surface area contributed by atoms with Gasteiger partial charge in [-0.3, -0.25) is 19.0 Å². The summed E-state index contributed by atoms with van der Waals surface area (Å²) in [5, 5.41) is 1.79. The van der Waals surface area contributed by atoms with Crippen LogP contribution in [0.2, 0.25) is 0 Å². The summed E-state index contributed by atoms with van der Waals surface area (Å²) < 4.78 is 15.3. The molecule has 28 heavy (non-hydrogen) atoms. The molecule has 0 saturated heterocycles. The summed E-state index contributed by atoms with van der Waals surface area (Å²) in [6.45, 7) is -0.296. The van der Waals surface area contributed by atoms with E-state index in [1.807, 2.05) is 36.4 Å². The lowest BCUT2D eigenvalue weighted by molar-refractivity contribution is 0.0970. The van der Waals surface area contributed by atoms with E-state index in [0.29, 0.717) is 5.69 Å². The Hall–Kier alpha value is -3.80.